The second kappa shape index (κ2) is 5.82. The molecule has 0 atom stereocenters. The van der Waals surface area contributed by atoms with Gasteiger partial charge in [0.1, 0.15) is 11.2 Å². The Morgan fingerprint density at radius 2 is 1.90 bits per heavy atom. The lowest BCUT2D eigenvalue weighted by Gasteiger charge is -2.07. The van der Waals surface area contributed by atoms with E-state index in [0.29, 0.717) is 5.75 Å². The highest BCUT2D eigenvalue weighted by molar-refractivity contribution is 8.00. The quantitative estimate of drug-likeness (QED) is 0.734. The maximum atomic E-state index is 11.7. The number of carbonyl (C=O) groups is 1. The predicted octanol–water partition coefficient (Wildman–Crippen LogP) is 4.20. The molecule has 0 saturated heterocycles. The van der Waals surface area contributed by atoms with Crippen molar-refractivity contribution < 1.29 is 9.21 Å². The van der Waals surface area contributed by atoms with Gasteiger partial charge in [0.2, 0.25) is 5.91 Å². The van der Waals surface area contributed by atoms with E-state index in [0.717, 1.165) is 26.8 Å². The zero-order valence-electron chi connectivity index (χ0n) is 12.1. The van der Waals surface area contributed by atoms with Crippen LogP contribution in [0.2, 0.25) is 0 Å². The van der Waals surface area contributed by atoms with Crippen LogP contribution in [0.4, 0.5) is 0 Å². The maximum Gasteiger partial charge on any atom is 0.230 e. The van der Waals surface area contributed by atoms with E-state index in [4.69, 9.17) is 4.42 Å². The minimum atomic E-state index is 0.0622. The van der Waals surface area contributed by atoms with E-state index >= 15 is 0 Å². The number of hydrogen-bond acceptors (Lipinski definition) is 3. The van der Waals surface area contributed by atoms with E-state index < -0.39 is 0 Å². The summed E-state index contributed by atoms with van der Waals surface area (Å²) in [5, 5.41) is 5.11. The Kier molecular flexibility index (Phi) is 3.88. The standard InChI is InChI=1S/C17H17NO2S/c1-11(2)18-17(19)10-21-12-7-8-16-14(9-12)13-5-3-4-6-15(13)20-16/h3-9,11H,10H2,1-2H3,(H,18,19). The summed E-state index contributed by atoms with van der Waals surface area (Å²) in [5.74, 6) is 0.492. The van der Waals surface area contributed by atoms with Crippen molar-refractivity contribution in [1.82, 2.24) is 5.32 Å². The van der Waals surface area contributed by atoms with Crippen LogP contribution < -0.4 is 5.32 Å². The molecule has 1 N–H and O–H groups in total. The Labute approximate surface area is 127 Å². The molecule has 0 aliphatic carbocycles. The maximum absolute atomic E-state index is 11.7. The molecule has 3 aromatic rings. The van der Waals surface area contributed by atoms with E-state index in [1.807, 2.05) is 44.2 Å². The van der Waals surface area contributed by atoms with Crippen LogP contribution in [-0.4, -0.2) is 17.7 Å². The van der Waals surface area contributed by atoms with Gasteiger partial charge < -0.3 is 9.73 Å². The number of benzene rings is 2. The van der Waals surface area contributed by atoms with E-state index in [2.05, 4.69) is 17.4 Å². The van der Waals surface area contributed by atoms with Crippen molar-refractivity contribution in [3.63, 3.8) is 0 Å². The Hall–Kier alpha value is -1.94. The molecule has 0 aliphatic heterocycles. The van der Waals surface area contributed by atoms with Crippen molar-refractivity contribution in [1.29, 1.82) is 0 Å². The molecule has 0 aliphatic rings. The minimum absolute atomic E-state index is 0.0622. The summed E-state index contributed by atoms with van der Waals surface area (Å²) in [5.41, 5.74) is 1.78. The number of thioether (sulfide) groups is 1. The molecule has 3 nitrogen and oxygen atoms in total. The van der Waals surface area contributed by atoms with Crippen molar-refractivity contribution >= 4 is 39.6 Å². The fourth-order valence-corrected chi connectivity index (χ4v) is 3.05. The van der Waals surface area contributed by atoms with Gasteiger partial charge in [-0.15, -0.1) is 11.8 Å². The highest BCUT2D eigenvalue weighted by Crippen LogP contribution is 2.31. The van der Waals surface area contributed by atoms with Gasteiger partial charge in [-0.2, -0.15) is 0 Å². The molecule has 0 saturated carbocycles. The number of para-hydroxylation sites is 1. The van der Waals surface area contributed by atoms with Crippen LogP contribution in [0.15, 0.2) is 51.8 Å². The molecule has 3 rings (SSSR count). The predicted molar refractivity (Wildman–Crippen MR) is 87.7 cm³/mol. The van der Waals surface area contributed by atoms with Gasteiger partial charge >= 0.3 is 0 Å². The molecule has 1 amide bonds. The minimum Gasteiger partial charge on any atom is -0.456 e. The Morgan fingerprint density at radius 3 is 2.71 bits per heavy atom. The number of furan rings is 1. The van der Waals surface area contributed by atoms with Crippen molar-refractivity contribution in [3.05, 3.63) is 42.5 Å². The molecule has 1 aromatic heterocycles. The van der Waals surface area contributed by atoms with E-state index in [1.54, 1.807) is 11.8 Å². The molecular weight excluding hydrogens is 282 g/mol. The van der Waals surface area contributed by atoms with Gasteiger partial charge in [-0.25, -0.2) is 0 Å². The zero-order chi connectivity index (χ0) is 14.8. The highest BCUT2D eigenvalue weighted by atomic mass is 32.2. The van der Waals surface area contributed by atoms with Crippen molar-refractivity contribution in [3.8, 4) is 0 Å². The van der Waals surface area contributed by atoms with Crippen molar-refractivity contribution in [2.24, 2.45) is 0 Å². The van der Waals surface area contributed by atoms with Gasteiger partial charge in [0.05, 0.1) is 5.75 Å². The molecular formula is C17H17NO2S. The number of hydrogen-bond donors (Lipinski definition) is 1. The molecule has 1 heterocycles. The summed E-state index contributed by atoms with van der Waals surface area (Å²) in [6.07, 6.45) is 0. The number of carbonyl (C=O) groups excluding carboxylic acids is 1. The number of rotatable bonds is 4. The normalized spacial score (nSPS) is 11.4. The first-order valence-corrected chi connectivity index (χ1v) is 7.95. The topological polar surface area (TPSA) is 42.2 Å². The SMILES string of the molecule is CC(C)NC(=O)CSc1ccc2oc3ccccc3c2c1. The van der Waals surface area contributed by atoms with Crippen LogP contribution in [0.3, 0.4) is 0 Å². The monoisotopic (exact) mass is 299 g/mol. The summed E-state index contributed by atoms with van der Waals surface area (Å²) in [6.45, 7) is 3.93. The molecule has 0 radical (unpaired) electrons. The summed E-state index contributed by atoms with van der Waals surface area (Å²) in [6, 6.07) is 14.2. The molecule has 0 unspecified atom stereocenters. The van der Waals surface area contributed by atoms with Gasteiger partial charge in [0, 0.05) is 21.7 Å². The molecule has 2 aromatic carbocycles. The van der Waals surface area contributed by atoms with Crippen LogP contribution in [-0.2, 0) is 4.79 Å². The second-order valence-electron chi connectivity index (χ2n) is 5.27. The Morgan fingerprint density at radius 1 is 1.14 bits per heavy atom. The number of fused-ring (bicyclic) bond motifs is 3. The number of nitrogens with one attached hydrogen (secondary N) is 1. The lowest BCUT2D eigenvalue weighted by molar-refractivity contribution is -0.119. The van der Waals surface area contributed by atoms with Gasteiger partial charge in [-0.1, -0.05) is 18.2 Å². The summed E-state index contributed by atoms with van der Waals surface area (Å²) >= 11 is 1.54. The molecule has 0 fully saturated rings. The lowest BCUT2D eigenvalue weighted by Crippen LogP contribution is -2.31. The zero-order valence-corrected chi connectivity index (χ0v) is 12.9. The fourth-order valence-electron chi connectivity index (χ4n) is 2.31. The lowest BCUT2D eigenvalue weighted by atomic mass is 10.1. The van der Waals surface area contributed by atoms with Crippen LogP contribution >= 0.6 is 11.8 Å². The van der Waals surface area contributed by atoms with Crippen LogP contribution in [0.5, 0.6) is 0 Å². The third-order valence-corrected chi connectivity index (χ3v) is 4.16. The van der Waals surface area contributed by atoms with E-state index in [9.17, 15) is 4.79 Å². The average Bonchev–Trinajstić information content (AvgIpc) is 2.82. The molecule has 0 bridgehead atoms. The summed E-state index contributed by atoms with van der Waals surface area (Å²) < 4.78 is 5.80. The largest absolute Gasteiger partial charge is 0.456 e. The molecule has 21 heavy (non-hydrogen) atoms. The van der Waals surface area contributed by atoms with Gasteiger partial charge in [0.15, 0.2) is 0 Å². The van der Waals surface area contributed by atoms with Gasteiger partial charge in [-0.3, -0.25) is 4.79 Å². The van der Waals surface area contributed by atoms with Crippen molar-refractivity contribution in [2.45, 2.75) is 24.8 Å². The van der Waals surface area contributed by atoms with Gasteiger partial charge in [0.25, 0.3) is 0 Å². The highest BCUT2D eigenvalue weighted by Gasteiger charge is 2.09. The third kappa shape index (κ3) is 3.05. The van der Waals surface area contributed by atoms with E-state index in [-0.39, 0.29) is 11.9 Å². The Bertz CT molecular complexity index is 792. The van der Waals surface area contributed by atoms with Gasteiger partial charge in [-0.05, 0) is 38.1 Å². The first-order chi connectivity index (χ1) is 10.1. The summed E-state index contributed by atoms with van der Waals surface area (Å²) in [4.78, 5) is 12.8. The number of amides is 1. The smallest absolute Gasteiger partial charge is 0.230 e. The molecule has 0 spiro atoms. The summed E-state index contributed by atoms with van der Waals surface area (Å²) in [7, 11) is 0. The van der Waals surface area contributed by atoms with E-state index in [1.165, 1.54) is 0 Å². The van der Waals surface area contributed by atoms with Crippen molar-refractivity contribution in [2.75, 3.05) is 5.75 Å². The second-order valence-corrected chi connectivity index (χ2v) is 6.32. The van der Waals surface area contributed by atoms with Crippen LogP contribution in [0.1, 0.15) is 13.8 Å². The molecule has 4 heteroatoms. The van der Waals surface area contributed by atoms with Crippen LogP contribution in [0.25, 0.3) is 21.9 Å². The molecule has 108 valence electrons. The first kappa shape index (κ1) is 14.0. The first-order valence-electron chi connectivity index (χ1n) is 6.97. The Balaban J connectivity index is 1.83. The third-order valence-electron chi connectivity index (χ3n) is 3.17. The average molecular weight is 299 g/mol. The fraction of sp³-hybridized carbons (Fsp3) is 0.235. The van der Waals surface area contributed by atoms with Crippen LogP contribution in [0, 0.1) is 0 Å².